The lowest BCUT2D eigenvalue weighted by Gasteiger charge is -2.12. The Labute approximate surface area is 178 Å². The molecule has 0 radical (unpaired) electrons. The summed E-state index contributed by atoms with van der Waals surface area (Å²) < 4.78 is 38.2. The van der Waals surface area contributed by atoms with Crippen molar-refractivity contribution in [1.82, 2.24) is 0 Å². The summed E-state index contributed by atoms with van der Waals surface area (Å²) in [7, 11) is 1.49. The summed E-state index contributed by atoms with van der Waals surface area (Å²) in [6.07, 6.45) is 1.33. The van der Waals surface area contributed by atoms with Crippen LogP contribution in [0.25, 0.3) is 6.08 Å². The Morgan fingerprint density at radius 3 is 2.61 bits per heavy atom. The number of halogens is 2. The van der Waals surface area contributed by atoms with Crippen LogP contribution in [-0.2, 0) is 11.4 Å². The number of nitrogens with zero attached hydrogens (tertiary/aromatic N) is 1. The first-order valence-corrected chi connectivity index (χ1v) is 9.23. The Bertz CT molecular complexity index is 1170. The standard InChI is InChI=1S/C24H18F2N2O3/c1-30-20-10-9-17(23(13-20)31-15-16-5-4-6-19(25)11-16)12-18(14-27)24(29)28-22-8-3-2-7-21(22)26/h2-13H,15H2,1H3,(H,28,29)/b18-12+. The molecule has 0 atom stereocenters. The van der Waals surface area contributed by atoms with E-state index in [1.54, 1.807) is 36.4 Å². The molecular weight excluding hydrogens is 402 g/mol. The van der Waals surface area contributed by atoms with Crippen LogP contribution < -0.4 is 14.8 Å². The molecule has 0 aliphatic carbocycles. The number of amides is 1. The lowest BCUT2D eigenvalue weighted by molar-refractivity contribution is -0.112. The quantitative estimate of drug-likeness (QED) is 0.427. The van der Waals surface area contributed by atoms with Crippen LogP contribution in [-0.4, -0.2) is 13.0 Å². The predicted molar refractivity (Wildman–Crippen MR) is 112 cm³/mol. The van der Waals surface area contributed by atoms with Crippen molar-refractivity contribution in [1.29, 1.82) is 5.26 Å². The average molecular weight is 420 g/mol. The van der Waals surface area contributed by atoms with Crippen LogP contribution in [0.1, 0.15) is 11.1 Å². The molecule has 0 fully saturated rings. The van der Waals surface area contributed by atoms with E-state index in [0.29, 0.717) is 22.6 Å². The molecule has 3 aromatic carbocycles. The Morgan fingerprint density at radius 2 is 1.90 bits per heavy atom. The van der Waals surface area contributed by atoms with Gasteiger partial charge >= 0.3 is 0 Å². The first-order chi connectivity index (χ1) is 15.0. The van der Waals surface area contributed by atoms with Crippen LogP contribution in [0.2, 0.25) is 0 Å². The lowest BCUT2D eigenvalue weighted by atomic mass is 10.1. The number of ether oxygens (including phenoxy) is 2. The Hall–Kier alpha value is -4.18. The highest BCUT2D eigenvalue weighted by Gasteiger charge is 2.14. The van der Waals surface area contributed by atoms with Crippen molar-refractivity contribution >= 4 is 17.7 Å². The third kappa shape index (κ3) is 5.67. The molecule has 156 valence electrons. The van der Waals surface area contributed by atoms with Gasteiger partial charge in [-0.15, -0.1) is 0 Å². The van der Waals surface area contributed by atoms with Gasteiger partial charge in [-0.05, 0) is 48.0 Å². The van der Waals surface area contributed by atoms with Gasteiger partial charge in [0.15, 0.2) is 0 Å². The zero-order valence-electron chi connectivity index (χ0n) is 16.6. The summed E-state index contributed by atoms with van der Waals surface area (Å²) in [4.78, 5) is 12.5. The summed E-state index contributed by atoms with van der Waals surface area (Å²) in [5, 5.41) is 11.8. The zero-order valence-corrected chi connectivity index (χ0v) is 16.6. The summed E-state index contributed by atoms with van der Waals surface area (Å²) in [6, 6.07) is 18.3. The van der Waals surface area contributed by atoms with Crippen LogP contribution in [0.3, 0.4) is 0 Å². The Balaban J connectivity index is 1.87. The number of anilines is 1. The third-order valence-corrected chi connectivity index (χ3v) is 4.29. The molecule has 0 heterocycles. The molecule has 5 nitrogen and oxygen atoms in total. The molecule has 31 heavy (non-hydrogen) atoms. The van der Waals surface area contributed by atoms with Gasteiger partial charge in [0.25, 0.3) is 5.91 Å². The van der Waals surface area contributed by atoms with Crippen molar-refractivity contribution < 1.29 is 23.0 Å². The average Bonchev–Trinajstić information content (AvgIpc) is 2.78. The first kappa shape index (κ1) is 21.5. The number of hydrogen-bond acceptors (Lipinski definition) is 4. The van der Waals surface area contributed by atoms with Gasteiger partial charge in [0, 0.05) is 11.6 Å². The number of carbonyl (C=O) groups excluding carboxylic acids is 1. The van der Waals surface area contributed by atoms with E-state index in [4.69, 9.17) is 9.47 Å². The molecule has 0 saturated carbocycles. The van der Waals surface area contributed by atoms with Gasteiger partial charge in [-0.3, -0.25) is 4.79 Å². The second-order valence-corrected chi connectivity index (χ2v) is 6.43. The Kier molecular flexibility index (Phi) is 6.97. The summed E-state index contributed by atoms with van der Waals surface area (Å²) in [5.41, 5.74) is 0.753. The molecule has 0 aromatic heterocycles. The molecule has 1 amide bonds. The molecular formula is C24H18F2N2O3. The van der Waals surface area contributed by atoms with Gasteiger partial charge in [-0.1, -0.05) is 24.3 Å². The van der Waals surface area contributed by atoms with Crippen molar-refractivity contribution in [3.05, 3.63) is 95.1 Å². The van der Waals surface area contributed by atoms with E-state index in [1.807, 2.05) is 6.07 Å². The second kappa shape index (κ2) is 10.0. The smallest absolute Gasteiger partial charge is 0.266 e. The SMILES string of the molecule is COc1ccc(/C=C(\C#N)C(=O)Nc2ccccc2F)c(OCc2cccc(F)c2)c1. The van der Waals surface area contributed by atoms with Crippen molar-refractivity contribution in [2.75, 3.05) is 12.4 Å². The maximum atomic E-state index is 13.8. The maximum Gasteiger partial charge on any atom is 0.266 e. The zero-order chi connectivity index (χ0) is 22.2. The van der Waals surface area contributed by atoms with Gasteiger partial charge in [-0.2, -0.15) is 5.26 Å². The molecule has 0 aliphatic rings. The minimum absolute atomic E-state index is 0.0361. The number of para-hydroxylation sites is 1. The van der Waals surface area contributed by atoms with E-state index >= 15 is 0 Å². The number of nitrogens with one attached hydrogen (secondary N) is 1. The summed E-state index contributed by atoms with van der Waals surface area (Å²) >= 11 is 0. The van der Waals surface area contributed by atoms with Crippen LogP contribution >= 0.6 is 0 Å². The lowest BCUT2D eigenvalue weighted by Crippen LogP contribution is -2.14. The van der Waals surface area contributed by atoms with Gasteiger partial charge in [0.2, 0.25) is 0 Å². The second-order valence-electron chi connectivity index (χ2n) is 6.43. The van der Waals surface area contributed by atoms with E-state index in [1.165, 1.54) is 43.5 Å². The van der Waals surface area contributed by atoms with E-state index in [0.717, 1.165) is 0 Å². The monoisotopic (exact) mass is 420 g/mol. The largest absolute Gasteiger partial charge is 0.497 e. The van der Waals surface area contributed by atoms with E-state index in [2.05, 4.69) is 5.32 Å². The van der Waals surface area contributed by atoms with Gasteiger partial charge in [0.05, 0.1) is 12.8 Å². The van der Waals surface area contributed by atoms with E-state index < -0.39 is 11.7 Å². The summed E-state index contributed by atoms with van der Waals surface area (Å²) in [5.74, 6) is -0.935. The molecule has 0 unspecified atom stereocenters. The highest BCUT2D eigenvalue weighted by molar-refractivity contribution is 6.09. The molecule has 3 rings (SSSR count). The van der Waals surface area contributed by atoms with Gasteiger partial charge in [0.1, 0.15) is 41.4 Å². The van der Waals surface area contributed by atoms with Crippen molar-refractivity contribution in [3.63, 3.8) is 0 Å². The predicted octanol–water partition coefficient (Wildman–Crippen LogP) is 5.10. The van der Waals surface area contributed by atoms with Gasteiger partial charge in [-0.25, -0.2) is 8.78 Å². The molecule has 3 aromatic rings. The fraction of sp³-hybridized carbons (Fsp3) is 0.0833. The third-order valence-electron chi connectivity index (χ3n) is 4.29. The summed E-state index contributed by atoms with van der Waals surface area (Å²) in [6.45, 7) is 0.0646. The van der Waals surface area contributed by atoms with Crippen molar-refractivity contribution in [3.8, 4) is 17.6 Å². The minimum Gasteiger partial charge on any atom is -0.497 e. The molecule has 7 heteroatoms. The van der Waals surface area contributed by atoms with E-state index in [-0.39, 0.29) is 23.7 Å². The number of hydrogen-bond donors (Lipinski definition) is 1. The highest BCUT2D eigenvalue weighted by atomic mass is 19.1. The normalized spacial score (nSPS) is 10.8. The number of rotatable bonds is 7. The Morgan fingerprint density at radius 1 is 1.10 bits per heavy atom. The van der Waals surface area contributed by atoms with Gasteiger partial charge < -0.3 is 14.8 Å². The highest BCUT2D eigenvalue weighted by Crippen LogP contribution is 2.28. The molecule has 0 spiro atoms. The number of methoxy groups -OCH3 is 1. The number of carbonyl (C=O) groups is 1. The fourth-order valence-electron chi connectivity index (χ4n) is 2.73. The fourth-order valence-corrected chi connectivity index (χ4v) is 2.73. The molecule has 1 N–H and O–H groups in total. The van der Waals surface area contributed by atoms with Crippen LogP contribution in [0.5, 0.6) is 11.5 Å². The number of benzene rings is 3. The molecule has 0 bridgehead atoms. The maximum absolute atomic E-state index is 13.8. The van der Waals surface area contributed by atoms with Crippen LogP contribution in [0.4, 0.5) is 14.5 Å². The topological polar surface area (TPSA) is 71.3 Å². The molecule has 0 saturated heterocycles. The minimum atomic E-state index is -0.764. The van der Waals surface area contributed by atoms with E-state index in [9.17, 15) is 18.8 Å². The van der Waals surface area contributed by atoms with Crippen LogP contribution in [0, 0.1) is 23.0 Å². The first-order valence-electron chi connectivity index (χ1n) is 9.23. The van der Waals surface area contributed by atoms with Crippen molar-refractivity contribution in [2.45, 2.75) is 6.61 Å². The van der Waals surface area contributed by atoms with Crippen molar-refractivity contribution in [2.24, 2.45) is 0 Å². The van der Waals surface area contributed by atoms with Crippen LogP contribution in [0.15, 0.2) is 72.3 Å². The number of nitriles is 1. The molecule has 0 aliphatic heterocycles.